The Balaban J connectivity index is 2.70. The van der Waals surface area contributed by atoms with Gasteiger partial charge >= 0.3 is 212 Å². The topological polar surface area (TPSA) is 0 Å². The Morgan fingerprint density at radius 1 is 0.750 bits per heavy atom. The molecular formula is C26H49Cl2Si3Zr. The summed E-state index contributed by atoms with van der Waals surface area (Å²) in [6.45, 7) is 24.4. The van der Waals surface area contributed by atoms with E-state index in [0.29, 0.717) is 7.25 Å². The van der Waals surface area contributed by atoms with Crippen LogP contribution in [0.5, 0.6) is 0 Å². The van der Waals surface area contributed by atoms with Gasteiger partial charge < -0.3 is 0 Å². The molecule has 2 aliphatic rings. The molecule has 2 aliphatic carbocycles. The van der Waals surface area contributed by atoms with Gasteiger partial charge in [0.2, 0.25) is 0 Å². The van der Waals surface area contributed by atoms with Crippen molar-refractivity contribution in [3.63, 3.8) is 0 Å². The summed E-state index contributed by atoms with van der Waals surface area (Å²) in [4.78, 5) is 0. The van der Waals surface area contributed by atoms with Gasteiger partial charge in [-0.05, 0) is 0 Å². The van der Waals surface area contributed by atoms with Crippen LogP contribution in [0.1, 0.15) is 52.4 Å². The van der Waals surface area contributed by atoms with Crippen molar-refractivity contribution in [2.45, 2.75) is 112 Å². The third-order valence-corrected chi connectivity index (χ3v) is 64.2. The second kappa shape index (κ2) is 10.6. The van der Waals surface area contributed by atoms with E-state index in [9.17, 15) is 0 Å². The van der Waals surface area contributed by atoms with E-state index in [2.05, 4.69) is 90.5 Å². The van der Waals surface area contributed by atoms with Gasteiger partial charge in [0, 0.05) is 0 Å². The van der Waals surface area contributed by atoms with Crippen molar-refractivity contribution in [2.24, 2.45) is 0 Å². The van der Waals surface area contributed by atoms with Gasteiger partial charge in [-0.25, -0.2) is 0 Å². The first-order valence-corrected chi connectivity index (χ1v) is 36.3. The van der Waals surface area contributed by atoms with Gasteiger partial charge in [0.15, 0.2) is 0 Å². The van der Waals surface area contributed by atoms with Crippen molar-refractivity contribution >= 4 is 39.1 Å². The van der Waals surface area contributed by atoms with Crippen LogP contribution in [0.15, 0.2) is 45.8 Å². The number of halogens is 2. The van der Waals surface area contributed by atoms with E-state index in [0.717, 1.165) is 0 Å². The SMILES string of the molecule is CCCCC1=CC([Si](C)(C)C)=C[CH]1[Zr]([Cl])([Cl])([CH]1C=C([Si](C)(C)C)C=C1CCCC)[SiH](C)C. The number of unbranched alkanes of at least 4 members (excludes halogenated alkanes) is 2. The van der Waals surface area contributed by atoms with Crippen LogP contribution in [0, 0.1) is 0 Å². The summed E-state index contributed by atoms with van der Waals surface area (Å²) >= 11 is -4.28. The van der Waals surface area contributed by atoms with Crippen molar-refractivity contribution in [3.05, 3.63) is 45.8 Å². The molecule has 2 unspecified atom stereocenters. The van der Waals surface area contributed by atoms with Gasteiger partial charge in [-0.1, -0.05) is 0 Å². The van der Waals surface area contributed by atoms with Gasteiger partial charge in [-0.15, -0.1) is 0 Å². The molecule has 0 spiro atoms. The molecule has 183 valence electrons. The maximum absolute atomic E-state index is 8.22. The van der Waals surface area contributed by atoms with E-state index < -0.39 is 37.6 Å². The van der Waals surface area contributed by atoms with Gasteiger partial charge in [0.1, 0.15) is 0 Å². The minimum atomic E-state index is -4.28. The van der Waals surface area contributed by atoms with Crippen LogP contribution in [0.4, 0.5) is 0 Å². The summed E-state index contributed by atoms with van der Waals surface area (Å²) in [5.41, 5.74) is 3.18. The third-order valence-electron chi connectivity index (χ3n) is 7.83. The van der Waals surface area contributed by atoms with Crippen molar-refractivity contribution < 1.29 is 15.6 Å². The molecule has 0 aliphatic heterocycles. The zero-order valence-corrected chi connectivity index (χ0v) is 29.7. The Kier molecular flexibility index (Phi) is 9.70. The summed E-state index contributed by atoms with van der Waals surface area (Å²) in [5.74, 6) is -1.33. The fourth-order valence-corrected chi connectivity index (χ4v) is 37.2. The molecule has 0 heterocycles. The third kappa shape index (κ3) is 5.89. The predicted octanol–water partition coefficient (Wildman–Crippen LogP) is 10.4. The second-order valence-electron chi connectivity index (χ2n) is 12.7. The van der Waals surface area contributed by atoms with Crippen LogP contribution in [0.25, 0.3) is 0 Å². The van der Waals surface area contributed by atoms with Gasteiger partial charge in [0.05, 0.1) is 0 Å². The average molecular weight is 608 g/mol. The number of rotatable bonds is 11. The molecule has 0 aromatic carbocycles. The molecule has 0 fully saturated rings. The molecule has 2 atom stereocenters. The summed E-state index contributed by atoms with van der Waals surface area (Å²) in [5, 5.41) is 3.19. The predicted molar refractivity (Wildman–Crippen MR) is 156 cm³/mol. The molecule has 0 N–H and O–H groups in total. The molecule has 0 aromatic heterocycles. The van der Waals surface area contributed by atoms with Crippen LogP contribution in [0.3, 0.4) is 0 Å². The first kappa shape index (κ1) is 29.3. The van der Waals surface area contributed by atoms with E-state index in [4.69, 9.17) is 17.0 Å². The fraction of sp³-hybridized carbons (Fsp3) is 0.692. The normalized spacial score (nSPS) is 23.6. The summed E-state index contributed by atoms with van der Waals surface area (Å²) < 4.78 is 0.680. The zero-order chi connectivity index (χ0) is 24.6. The van der Waals surface area contributed by atoms with Crippen molar-refractivity contribution in [3.8, 4) is 0 Å². The molecule has 32 heavy (non-hydrogen) atoms. The minimum absolute atomic E-state index is 0.340. The first-order chi connectivity index (χ1) is 14.6. The number of hydrogen-bond donors (Lipinski definition) is 0. The Bertz CT molecular complexity index is 761. The Hall–Kier alpha value is 1.07. The van der Waals surface area contributed by atoms with Crippen molar-refractivity contribution in [1.82, 2.24) is 0 Å². The van der Waals surface area contributed by atoms with Crippen molar-refractivity contribution in [2.75, 3.05) is 0 Å². The quantitative estimate of drug-likeness (QED) is 0.205. The van der Waals surface area contributed by atoms with Crippen LogP contribution in [-0.4, -0.2) is 22.1 Å². The molecular weight excluding hydrogens is 559 g/mol. The molecule has 0 aromatic rings. The Labute approximate surface area is 210 Å². The maximum atomic E-state index is 8.22. The van der Waals surface area contributed by atoms with E-state index in [-0.39, 0.29) is 0 Å². The molecule has 0 saturated carbocycles. The van der Waals surface area contributed by atoms with Crippen molar-refractivity contribution in [1.29, 1.82) is 0 Å². The average Bonchev–Trinajstić information content (AvgIpc) is 3.29. The van der Waals surface area contributed by atoms with Crippen LogP contribution < -0.4 is 0 Å². The summed E-state index contributed by atoms with van der Waals surface area (Å²) in [6.07, 6.45) is 17.6. The zero-order valence-electron chi connectivity index (χ0n) is 22.5. The van der Waals surface area contributed by atoms with Crippen LogP contribution in [-0.2, 0) is 15.6 Å². The Morgan fingerprint density at radius 2 is 1.09 bits per heavy atom. The van der Waals surface area contributed by atoms with Gasteiger partial charge in [0.25, 0.3) is 0 Å². The second-order valence-corrected chi connectivity index (χ2v) is 65.6. The van der Waals surface area contributed by atoms with E-state index in [1.54, 1.807) is 21.5 Å². The number of hydrogen-bond acceptors (Lipinski definition) is 0. The van der Waals surface area contributed by atoms with E-state index in [1.165, 1.54) is 38.5 Å². The molecule has 0 nitrogen and oxygen atoms in total. The first-order valence-electron chi connectivity index (χ1n) is 13.0. The van der Waals surface area contributed by atoms with Gasteiger partial charge in [-0.2, -0.15) is 0 Å². The molecule has 6 heteroatoms. The molecule has 2 rings (SSSR count). The standard InChI is InChI=1S/2C12H21Si.C2H7Si.2ClH.Zr/c2*1-5-6-7-11-8-9-12(10-11)13(2,3)4;1-3-2;;;/h2*8-10H,5-7H2,1-4H3;3H,1-2H3;2*1H;/q;;;;;+2/p-2. The molecule has 0 amide bonds. The Morgan fingerprint density at radius 3 is 1.34 bits per heavy atom. The van der Waals surface area contributed by atoms with Gasteiger partial charge in [-0.3, -0.25) is 0 Å². The van der Waals surface area contributed by atoms with E-state index >= 15 is 0 Å². The van der Waals surface area contributed by atoms with E-state index in [1.807, 2.05) is 0 Å². The fourth-order valence-electron chi connectivity index (χ4n) is 5.34. The van der Waals surface area contributed by atoms with Crippen LogP contribution >= 0.6 is 17.0 Å². The molecule has 0 saturated heterocycles. The monoisotopic (exact) mass is 605 g/mol. The molecule has 0 radical (unpaired) electrons. The summed E-state index contributed by atoms with van der Waals surface area (Å²) in [6, 6.07) is 0. The summed E-state index contributed by atoms with van der Waals surface area (Å²) in [7, 11) is 13.6. The van der Waals surface area contributed by atoms with Crippen LogP contribution in [0.2, 0.25) is 59.6 Å². The molecule has 0 bridgehead atoms. The number of allylic oxidation sites excluding steroid dienone is 8.